The summed E-state index contributed by atoms with van der Waals surface area (Å²) >= 11 is 0. The van der Waals surface area contributed by atoms with E-state index in [1.165, 1.54) is 25.7 Å². The van der Waals surface area contributed by atoms with Gasteiger partial charge in [-0.1, -0.05) is 40.0 Å². The van der Waals surface area contributed by atoms with Crippen molar-refractivity contribution in [2.24, 2.45) is 11.3 Å². The number of hydrogen-bond acceptors (Lipinski definition) is 2. The zero-order valence-corrected chi connectivity index (χ0v) is 13.2. The molecule has 0 N–H and O–H groups in total. The second-order valence-corrected chi connectivity index (χ2v) is 7.04. The molecule has 0 aliphatic heterocycles. The van der Waals surface area contributed by atoms with Gasteiger partial charge < -0.3 is 0 Å². The van der Waals surface area contributed by atoms with Crippen LogP contribution in [0.1, 0.15) is 80.1 Å². The van der Waals surface area contributed by atoms with Crippen molar-refractivity contribution in [1.82, 2.24) is 0 Å². The van der Waals surface area contributed by atoms with Crippen molar-refractivity contribution < 1.29 is 9.78 Å². The van der Waals surface area contributed by atoms with E-state index >= 15 is 0 Å². The van der Waals surface area contributed by atoms with Gasteiger partial charge in [-0.2, -0.15) is 0 Å². The van der Waals surface area contributed by atoms with Gasteiger partial charge in [0.25, 0.3) is 0 Å². The van der Waals surface area contributed by atoms with Crippen LogP contribution in [0.4, 0.5) is 0 Å². The minimum Gasteiger partial charge on any atom is -0.233 e. The quantitative estimate of drug-likeness (QED) is 0.502. The lowest BCUT2D eigenvalue weighted by molar-refractivity contribution is -0.381. The first-order valence-corrected chi connectivity index (χ1v) is 7.68. The Morgan fingerprint density at radius 1 is 1.06 bits per heavy atom. The highest BCUT2D eigenvalue weighted by Gasteiger charge is 2.38. The van der Waals surface area contributed by atoms with Crippen LogP contribution in [-0.2, 0) is 9.78 Å². The zero-order chi connectivity index (χ0) is 13.8. The molecule has 2 heteroatoms. The smallest absolute Gasteiger partial charge is 0.0952 e. The van der Waals surface area contributed by atoms with Gasteiger partial charge in [0.1, 0.15) is 0 Å². The molecular weight excluding hydrogens is 224 g/mol. The second kappa shape index (κ2) is 6.38. The lowest BCUT2D eigenvalue weighted by Crippen LogP contribution is -2.37. The SMILES string of the molecule is CCC1CC(OOC(C)(C)C)CC(CC)(CC)C1. The van der Waals surface area contributed by atoms with E-state index in [4.69, 9.17) is 9.78 Å². The topological polar surface area (TPSA) is 18.5 Å². The first-order chi connectivity index (χ1) is 8.34. The minimum absolute atomic E-state index is 0.208. The lowest BCUT2D eigenvalue weighted by atomic mass is 9.65. The molecule has 2 nitrogen and oxygen atoms in total. The lowest BCUT2D eigenvalue weighted by Gasteiger charge is -2.43. The molecule has 0 bridgehead atoms. The van der Waals surface area contributed by atoms with Gasteiger partial charge in [-0.3, -0.25) is 0 Å². The Morgan fingerprint density at radius 3 is 2.11 bits per heavy atom. The summed E-state index contributed by atoms with van der Waals surface area (Å²) in [6.07, 6.45) is 7.75. The van der Waals surface area contributed by atoms with Crippen molar-refractivity contribution in [1.29, 1.82) is 0 Å². The van der Waals surface area contributed by atoms with E-state index in [-0.39, 0.29) is 11.7 Å². The molecule has 1 saturated carbocycles. The van der Waals surface area contributed by atoms with Crippen molar-refractivity contribution in [3.05, 3.63) is 0 Å². The van der Waals surface area contributed by atoms with Gasteiger partial charge in [0, 0.05) is 0 Å². The van der Waals surface area contributed by atoms with Crippen LogP contribution in [0, 0.1) is 11.3 Å². The molecule has 1 fully saturated rings. The predicted molar refractivity (Wildman–Crippen MR) is 76.4 cm³/mol. The number of hydrogen-bond donors (Lipinski definition) is 0. The van der Waals surface area contributed by atoms with E-state index in [9.17, 15) is 0 Å². The first-order valence-electron chi connectivity index (χ1n) is 7.68. The Morgan fingerprint density at radius 2 is 1.67 bits per heavy atom. The van der Waals surface area contributed by atoms with Crippen LogP contribution in [0.15, 0.2) is 0 Å². The Kier molecular flexibility index (Phi) is 5.67. The molecule has 2 atom stereocenters. The van der Waals surface area contributed by atoms with E-state index in [0.29, 0.717) is 5.41 Å². The van der Waals surface area contributed by atoms with E-state index in [1.54, 1.807) is 0 Å². The van der Waals surface area contributed by atoms with Gasteiger partial charge in [-0.05, 0) is 51.4 Å². The molecule has 0 heterocycles. The Balaban J connectivity index is 2.62. The highest BCUT2D eigenvalue weighted by molar-refractivity contribution is 4.88. The summed E-state index contributed by atoms with van der Waals surface area (Å²) in [4.78, 5) is 11.3. The molecule has 0 amide bonds. The van der Waals surface area contributed by atoms with Gasteiger partial charge in [0.05, 0.1) is 11.7 Å². The van der Waals surface area contributed by atoms with Crippen molar-refractivity contribution >= 4 is 0 Å². The van der Waals surface area contributed by atoms with Crippen LogP contribution in [0.2, 0.25) is 0 Å². The maximum atomic E-state index is 5.74. The summed E-state index contributed by atoms with van der Waals surface area (Å²) in [6.45, 7) is 13.1. The van der Waals surface area contributed by atoms with Crippen LogP contribution < -0.4 is 0 Å². The third-order valence-electron chi connectivity index (χ3n) is 4.49. The van der Waals surface area contributed by atoms with Crippen molar-refractivity contribution in [3.63, 3.8) is 0 Å². The van der Waals surface area contributed by atoms with Gasteiger partial charge in [-0.25, -0.2) is 9.78 Å². The summed E-state index contributed by atoms with van der Waals surface area (Å²) < 4.78 is 0. The van der Waals surface area contributed by atoms with Gasteiger partial charge in [0.15, 0.2) is 0 Å². The molecule has 0 saturated heterocycles. The highest BCUT2D eigenvalue weighted by Crippen LogP contribution is 2.46. The first kappa shape index (κ1) is 16.0. The molecule has 18 heavy (non-hydrogen) atoms. The molecule has 1 aliphatic carbocycles. The van der Waals surface area contributed by atoms with Gasteiger partial charge in [0.2, 0.25) is 0 Å². The molecule has 0 aromatic heterocycles. The summed E-state index contributed by atoms with van der Waals surface area (Å²) in [5.74, 6) is 0.798. The highest BCUT2D eigenvalue weighted by atomic mass is 17.2. The van der Waals surface area contributed by atoms with Crippen LogP contribution in [0.5, 0.6) is 0 Å². The fraction of sp³-hybridized carbons (Fsp3) is 1.00. The Hall–Kier alpha value is -0.0800. The molecule has 0 aromatic carbocycles. The van der Waals surface area contributed by atoms with Crippen molar-refractivity contribution in [2.45, 2.75) is 91.8 Å². The van der Waals surface area contributed by atoms with E-state index in [2.05, 4.69) is 20.8 Å². The van der Waals surface area contributed by atoms with Crippen molar-refractivity contribution in [2.75, 3.05) is 0 Å². The average Bonchev–Trinajstić information content (AvgIpc) is 2.35. The monoisotopic (exact) mass is 256 g/mol. The van der Waals surface area contributed by atoms with Crippen LogP contribution in [0.3, 0.4) is 0 Å². The molecule has 2 unspecified atom stereocenters. The Labute approximate surface area is 113 Å². The molecule has 108 valence electrons. The van der Waals surface area contributed by atoms with Crippen LogP contribution >= 0.6 is 0 Å². The normalized spacial score (nSPS) is 28.3. The summed E-state index contributed by atoms with van der Waals surface area (Å²) in [5.41, 5.74) is 0.269. The maximum Gasteiger partial charge on any atom is 0.0952 e. The van der Waals surface area contributed by atoms with Gasteiger partial charge >= 0.3 is 0 Å². The van der Waals surface area contributed by atoms with E-state index in [1.807, 2.05) is 20.8 Å². The summed E-state index contributed by atoms with van der Waals surface area (Å²) in [5, 5.41) is 0. The maximum absolute atomic E-state index is 5.74. The fourth-order valence-electron chi connectivity index (χ4n) is 3.14. The molecule has 0 spiro atoms. The predicted octanol–water partition coefficient (Wildman–Crippen LogP) is 5.12. The summed E-state index contributed by atoms with van der Waals surface area (Å²) in [6, 6.07) is 0. The minimum atomic E-state index is -0.208. The van der Waals surface area contributed by atoms with E-state index < -0.39 is 0 Å². The zero-order valence-electron chi connectivity index (χ0n) is 13.2. The summed E-state index contributed by atoms with van der Waals surface area (Å²) in [7, 11) is 0. The largest absolute Gasteiger partial charge is 0.233 e. The molecular formula is C16H32O2. The van der Waals surface area contributed by atoms with Crippen molar-refractivity contribution in [3.8, 4) is 0 Å². The molecule has 0 aromatic rings. The van der Waals surface area contributed by atoms with E-state index in [0.717, 1.165) is 18.8 Å². The molecule has 0 radical (unpaired) electrons. The third-order valence-corrected chi connectivity index (χ3v) is 4.49. The average molecular weight is 256 g/mol. The second-order valence-electron chi connectivity index (χ2n) is 7.04. The molecule has 1 aliphatic rings. The Bertz CT molecular complexity index is 238. The third kappa shape index (κ3) is 4.55. The number of rotatable bonds is 5. The van der Waals surface area contributed by atoms with Crippen LogP contribution in [-0.4, -0.2) is 11.7 Å². The van der Waals surface area contributed by atoms with Crippen LogP contribution in [0.25, 0.3) is 0 Å². The standard InChI is InChI=1S/C16H32O2/c1-7-13-10-14(17-18-15(4,5)6)12-16(8-2,9-3)11-13/h13-14H,7-12H2,1-6H3. The molecule has 1 rings (SSSR count). The van der Waals surface area contributed by atoms with Gasteiger partial charge in [-0.15, -0.1) is 0 Å². The fourth-order valence-corrected chi connectivity index (χ4v) is 3.14.